The molecular weight excluding hydrogens is 272 g/mol. The van der Waals surface area contributed by atoms with Crippen LogP contribution in [0.4, 0.5) is 0 Å². The highest BCUT2D eigenvalue weighted by Crippen LogP contribution is 2.28. The number of benzene rings is 2. The van der Waals surface area contributed by atoms with Crippen molar-refractivity contribution in [1.82, 2.24) is 0 Å². The lowest BCUT2D eigenvalue weighted by molar-refractivity contribution is -0.151. The molecule has 0 aromatic heterocycles. The molecule has 2 nitrogen and oxygen atoms in total. The molecule has 0 aliphatic heterocycles. The van der Waals surface area contributed by atoms with Crippen molar-refractivity contribution < 1.29 is 9.53 Å². The van der Waals surface area contributed by atoms with E-state index in [0.29, 0.717) is 0 Å². The van der Waals surface area contributed by atoms with Crippen LogP contribution in [-0.4, -0.2) is 12.1 Å². The first-order valence-corrected chi connectivity index (χ1v) is 8.15. The van der Waals surface area contributed by atoms with E-state index in [1.54, 1.807) is 0 Å². The number of esters is 1. The van der Waals surface area contributed by atoms with Gasteiger partial charge in [0.15, 0.2) is 0 Å². The van der Waals surface area contributed by atoms with E-state index in [1.165, 1.54) is 19.3 Å². The summed E-state index contributed by atoms with van der Waals surface area (Å²) in [5.41, 5.74) is 1.99. The Hall–Kier alpha value is -2.09. The van der Waals surface area contributed by atoms with Gasteiger partial charge in [-0.15, -0.1) is 0 Å². The lowest BCUT2D eigenvalue weighted by Gasteiger charge is -2.25. The highest BCUT2D eigenvalue weighted by Gasteiger charge is 2.27. The predicted molar refractivity (Wildman–Crippen MR) is 87.7 cm³/mol. The van der Waals surface area contributed by atoms with Gasteiger partial charge in [-0.1, -0.05) is 67.1 Å². The van der Waals surface area contributed by atoms with Gasteiger partial charge in [-0.2, -0.15) is 0 Å². The molecule has 2 aromatic carbocycles. The zero-order valence-electron chi connectivity index (χ0n) is 12.8. The normalized spacial score (nSPS) is 15.7. The summed E-state index contributed by atoms with van der Waals surface area (Å²) in [6.07, 6.45) is 5.69. The average Bonchev–Trinajstić information content (AvgIpc) is 2.58. The minimum atomic E-state index is -0.329. The smallest absolute Gasteiger partial charge is 0.318 e. The Balaban J connectivity index is 1.83. The number of rotatable bonds is 4. The fraction of sp³-hybridized carbons (Fsp3) is 0.350. The largest absolute Gasteiger partial charge is 0.462 e. The van der Waals surface area contributed by atoms with Gasteiger partial charge in [0, 0.05) is 0 Å². The van der Waals surface area contributed by atoms with Gasteiger partial charge >= 0.3 is 5.97 Å². The Morgan fingerprint density at radius 3 is 1.82 bits per heavy atom. The van der Waals surface area contributed by atoms with Gasteiger partial charge in [-0.05, 0) is 36.8 Å². The standard InChI is InChI=1S/C20H22O2/c21-20(22-18-14-8-3-9-15-18)19(16-10-4-1-5-11-16)17-12-6-2-7-13-17/h1-2,4-7,10-13,18-19H,3,8-9,14-15H2. The summed E-state index contributed by atoms with van der Waals surface area (Å²) < 4.78 is 5.82. The van der Waals surface area contributed by atoms with Crippen molar-refractivity contribution in [3.8, 4) is 0 Å². The molecule has 0 saturated heterocycles. The van der Waals surface area contributed by atoms with Crippen molar-refractivity contribution in [2.45, 2.75) is 44.1 Å². The summed E-state index contributed by atoms with van der Waals surface area (Å²) >= 11 is 0. The Bertz CT molecular complexity index is 546. The van der Waals surface area contributed by atoms with Crippen LogP contribution >= 0.6 is 0 Å². The van der Waals surface area contributed by atoms with Gasteiger partial charge in [0.25, 0.3) is 0 Å². The Morgan fingerprint density at radius 2 is 1.32 bits per heavy atom. The van der Waals surface area contributed by atoms with Crippen LogP contribution < -0.4 is 0 Å². The van der Waals surface area contributed by atoms with Crippen molar-refractivity contribution >= 4 is 5.97 Å². The summed E-state index contributed by atoms with van der Waals surface area (Å²) in [5, 5.41) is 0. The molecule has 114 valence electrons. The van der Waals surface area contributed by atoms with E-state index >= 15 is 0 Å². The molecule has 0 bridgehead atoms. The van der Waals surface area contributed by atoms with Crippen LogP contribution in [0, 0.1) is 0 Å². The number of carbonyl (C=O) groups excluding carboxylic acids is 1. The highest BCUT2D eigenvalue weighted by atomic mass is 16.5. The fourth-order valence-corrected chi connectivity index (χ4v) is 3.17. The molecule has 1 aliphatic carbocycles. The minimum Gasteiger partial charge on any atom is -0.462 e. The van der Waals surface area contributed by atoms with E-state index in [-0.39, 0.29) is 18.0 Å². The lowest BCUT2D eigenvalue weighted by atomic mass is 9.91. The number of ether oxygens (including phenoxy) is 1. The summed E-state index contributed by atoms with van der Waals surface area (Å²) in [6.45, 7) is 0. The van der Waals surface area contributed by atoms with Gasteiger partial charge in [0.1, 0.15) is 12.0 Å². The third-order valence-electron chi connectivity index (χ3n) is 4.34. The van der Waals surface area contributed by atoms with Crippen molar-refractivity contribution in [3.63, 3.8) is 0 Å². The van der Waals surface area contributed by atoms with E-state index in [2.05, 4.69) is 0 Å². The Labute approximate surface area is 132 Å². The monoisotopic (exact) mass is 294 g/mol. The minimum absolute atomic E-state index is 0.0937. The number of hydrogen-bond donors (Lipinski definition) is 0. The van der Waals surface area contributed by atoms with Gasteiger partial charge < -0.3 is 4.74 Å². The molecule has 1 aliphatic rings. The van der Waals surface area contributed by atoms with Crippen molar-refractivity contribution in [3.05, 3.63) is 71.8 Å². The molecule has 3 rings (SSSR count). The molecule has 22 heavy (non-hydrogen) atoms. The van der Waals surface area contributed by atoms with Crippen LogP contribution in [0.15, 0.2) is 60.7 Å². The number of carbonyl (C=O) groups is 1. The number of hydrogen-bond acceptors (Lipinski definition) is 2. The molecule has 0 unspecified atom stereocenters. The molecule has 1 fully saturated rings. The van der Waals surface area contributed by atoms with E-state index in [0.717, 1.165) is 24.0 Å². The maximum absolute atomic E-state index is 12.8. The molecular formula is C20H22O2. The summed E-state index contributed by atoms with van der Waals surface area (Å²) in [7, 11) is 0. The van der Waals surface area contributed by atoms with Crippen LogP contribution in [0.2, 0.25) is 0 Å². The van der Waals surface area contributed by atoms with Gasteiger partial charge in [-0.25, -0.2) is 0 Å². The van der Waals surface area contributed by atoms with Crippen molar-refractivity contribution in [2.24, 2.45) is 0 Å². The molecule has 0 spiro atoms. The maximum atomic E-state index is 12.8. The first-order chi connectivity index (χ1) is 10.8. The van der Waals surface area contributed by atoms with E-state index in [1.807, 2.05) is 60.7 Å². The Kier molecular flexibility index (Phi) is 4.89. The quantitative estimate of drug-likeness (QED) is 0.764. The SMILES string of the molecule is O=C(OC1CCCCC1)C(c1ccccc1)c1ccccc1. The fourth-order valence-electron chi connectivity index (χ4n) is 3.17. The van der Waals surface area contributed by atoms with Crippen LogP contribution in [0.25, 0.3) is 0 Å². The molecule has 0 heterocycles. The molecule has 0 atom stereocenters. The summed E-state index contributed by atoms with van der Waals surface area (Å²) in [5.74, 6) is -0.450. The van der Waals surface area contributed by atoms with Crippen LogP contribution in [0.5, 0.6) is 0 Å². The molecule has 0 radical (unpaired) electrons. The zero-order valence-corrected chi connectivity index (χ0v) is 12.8. The second-order valence-electron chi connectivity index (χ2n) is 5.95. The van der Waals surface area contributed by atoms with E-state index in [4.69, 9.17) is 4.74 Å². The second kappa shape index (κ2) is 7.26. The van der Waals surface area contributed by atoms with Crippen molar-refractivity contribution in [2.75, 3.05) is 0 Å². The second-order valence-corrected chi connectivity index (χ2v) is 5.95. The van der Waals surface area contributed by atoms with Crippen LogP contribution in [-0.2, 0) is 9.53 Å². The maximum Gasteiger partial charge on any atom is 0.318 e. The highest BCUT2D eigenvalue weighted by molar-refractivity contribution is 5.82. The van der Waals surface area contributed by atoms with Gasteiger partial charge in [0.2, 0.25) is 0 Å². The molecule has 2 heteroatoms. The van der Waals surface area contributed by atoms with Crippen LogP contribution in [0.3, 0.4) is 0 Å². The van der Waals surface area contributed by atoms with E-state index < -0.39 is 0 Å². The summed E-state index contributed by atoms with van der Waals surface area (Å²) in [4.78, 5) is 12.8. The van der Waals surface area contributed by atoms with E-state index in [9.17, 15) is 4.79 Å². The molecule has 1 saturated carbocycles. The average molecular weight is 294 g/mol. The summed E-state index contributed by atoms with van der Waals surface area (Å²) in [6, 6.07) is 19.8. The Morgan fingerprint density at radius 1 is 0.818 bits per heavy atom. The third kappa shape index (κ3) is 3.56. The molecule has 2 aromatic rings. The predicted octanol–water partition coefficient (Wildman–Crippen LogP) is 4.69. The van der Waals surface area contributed by atoms with Crippen LogP contribution in [0.1, 0.15) is 49.1 Å². The third-order valence-corrected chi connectivity index (χ3v) is 4.34. The van der Waals surface area contributed by atoms with Crippen molar-refractivity contribution in [1.29, 1.82) is 0 Å². The first kappa shape index (κ1) is 14.8. The zero-order chi connectivity index (χ0) is 15.2. The topological polar surface area (TPSA) is 26.3 Å². The molecule has 0 N–H and O–H groups in total. The van der Waals surface area contributed by atoms with Gasteiger partial charge in [-0.3, -0.25) is 4.79 Å². The lowest BCUT2D eigenvalue weighted by Crippen LogP contribution is -2.25. The first-order valence-electron chi connectivity index (χ1n) is 8.15. The molecule has 0 amide bonds. The van der Waals surface area contributed by atoms with Gasteiger partial charge in [0.05, 0.1) is 0 Å².